The van der Waals surface area contributed by atoms with Crippen molar-refractivity contribution in [1.82, 2.24) is 14.9 Å². The number of nitrogens with zero attached hydrogens (tertiary/aromatic N) is 2. The predicted molar refractivity (Wildman–Crippen MR) is 94.8 cm³/mol. The van der Waals surface area contributed by atoms with Crippen LogP contribution in [0.2, 0.25) is 5.02 Å². The highest BCUT2D eigenvalue weighted by molar-refractivity contribution is 6.34. The molecular formula is C18H14ClF2N3O2. The molecule has 8 heteroatoms. The average Bonchev–Trinajstić information content (AvgIpc) is 2.57. The number of aromatic nitrogens is 2. The largest absolute Gasteiger partial charge is 0.496 e. The monoisotopic (exact) mass is 377 g/mol. The van der Waals surface area contributed by atoms with Crippen molar-refractivity contribution >= 4 is 22.5 Å². The minimum Gasteiger partial charge on any atom is -0.496 e. The van der Waals surface area contributed by atoms with Crippen LogP contribution < -0.4 is 15.6 Å². The van der Waals surface area contributed by atoms with Gasteiger partial charge in [-0.15, -0.1) is 0 Å². The lowest BCUT2D eigenvalue weighted by Gasteiger charge is -2.28. The number of rotatable bonds is 3. The van der Waals surface area contributed by atoms with Crippen molar-refractivity contribution in [3.8, 4) is 16.9 Å². The van der Waals surface area contributed by atoms with Crippen molar-refractivity contribution in [3.05, 3.63) is 57.6 Å². The second kappa shape index (κ2) is 6.34. The van der Waals surface area contributed by atoms with Gasteiger partial charge in [-0.2, -0.15) is 0 Å². The minimum atomic E-state index is -0.855. The van der Waals surface area contributed by atoms with E-state index in [4.69, 9.17) is 16.3 Å². The van der Waals surface area contributed by atoms with Crippen molar-refractivity contribution in [1.29, 1.82) is 0 Å². The van der Waals surface area contributed by atoms with Crippen LogP contribution in [-0.4, -0.2) is 29.8 Å². The molecule has 1 aliphatic heterocycles. The van der Waals surface area contributed by atoms with Gasteiger partial charge >= 0.3 is 0 Å². The maximum absolute atomic E-state index is 15.2. The molecule has 0 spiro atoms. The van der Waals surface area contributed by atoms with Crippen LogP contribution in [0.15, 0.2) is 35.4 Å². The van der Waals surface area contributed by atoms with Gasteiger partial charge in [0.2, 0.25) is 0 Å². The Bertz CT molecular complexity index is 1080. The molecule has 4 rings (SSSR count). The van der Waals surface area contributed by atoms with E-state index in [0.717, 1.165) is 0 Å². The number of methoxy groups -OCH3 is 1. The summed E-state index contributed by atoms with van der Waals surface area (Å²) in [6.07, 6.45) is 1.32. The van der Waals surface area contributed by atoms with Gasteiger partial charge in [0.15, 0.2) is 5.82 Å². The zero-order valence-electron chi connectivity index (χ0n) is 13.7. The SMILES string of the molecule is COc1cccc(F)c1-c1c(Cl)cc2c(=O)n(C3CNC3)cnc2c1F. The van der Waals surface area contributed by atoms with E-state index >= 15 is 4.39 Å². The highest BCUT2D eigenvalue weighted by Gasteiger charge is 2.25. The summed E-state index contributed by atoms with van der Waals surface area (Å²) >= 11 is 6.25. The second-order valence-electron chi connectivity index (χ2n) is 6.03. The molecule has 0 radical (unpaired) electrons. The average molecular weight is 378 g/mol. The summed E-state index contributed by atoms with van der Waals surface area (Å²) in [5, 5.41) is 3.04. The minimum absolute atomic E-state index is 0.0208. The second-order valence-corrected chi connectivity index (χ2v) is 6.44. The van der Waals surface area contributed by atoms with Gasteiger partial charge < -0.3 is 10.1 Å². The smallest absolute Gasteiger partial charge is 0.261 e. The molecular weight excluding hydrogens is 364 g/mol. The van der Waals surface area contributed by atoms with Crippen LogP contribution in [0.1, 0.15) is 6.04 Å². The molecule has 1 saturated heterocycles. The maximum atomic E-state index is 15.2. The zero-order valence-corrected chi connectivity index (χ0v) is 14.5. The Hall–Kier alpha value is -2.51. The molecule has 134 valence electrons. The topological polar surface area (TPSA) is 56.1 Å². The number of benzene rings is 2. The number of fused-ring (bicyclic) bond motifs is 1. The summed E-state index contributed by atoms with van der Waals surface area (Å²) in [4.78, 5) is 16.8. The quantitative estimate of drug-likeness (QED) is 0.762. The molecule has 0 saturated carbocycles. The van der Waals surface area contributed by atoms with E-state index in [1.54, 1.807) is 0 Å². The van der Waals surface area contributed by atoms with E-state index in [2.05, 4.69) is 10.3 Å². The summed E-state index contributed by atoms with van der Waals surface area (Å²) in [5.74, 6) is -1.40. The number of hydrogen-bond donors (Lipinski definition) is 1. The third-order valence-electron chi connectivity index (χ3n) is 4.57. The first-order chi connectivity index (χ1) is 12.5. The van der Waals surface area contributed by atoms with E-state index in [1.165, 1.54) is 42.3 Å². The zero-order chi connectivity index (χ0) is 18.4. The van der Waals surface area contributed by atoms with E-state index in [-0.39, 0.29) is 44.4 Å². The van der Waals surface area contributed by atoms with Gasteiger partial charge in [-0.3, -0.25) is 9.36 Å². The Morgan fingerprint density at radius 2 is 2.08 bits per heavy atom. The van der Waals surface area contributed by atoms with Gasteiger partial charge in [-0.25, -0.2) is 13.8 Å². The van der Waals surface area contributed by atoms with Crippen LogP contribution in [0.3, 0.4) is 0 Å². The summed E-state index contributed by atoms with van der Waals surface area (Å²) in [6.45, 7) is 1.29. The molecule has 0 atom stereocenters. The molecule has 0 amide bonds. The number of ether oxygens (including phenoxy) is 1. The molecule has 2 aromatic carbocycles. The first-order valence-corrected chi connectivity index (χ1v) is 8.33. The van der Waals surface area contributed by atoms with E-state index in [9.17, 15) is 9.18 Å². The van der Waals surface area contributed by atoms with Gasteiger partial charge in [0.1, 0.15) is 17.1 Å². The van der Waals surface area contributed by atoms with Crippen molar-refractivity contribution in [2.75, 3.05) is 20.2 Å². The third kappa shape index (κ3) is 2.47. The molecule has 0 unspecified atom stereocenters. The highest BCUT2D eigenvalue weighted by Crippen LogP contribution is 2.40. The van der Waals surface area contributed by atoms with Gasteiger partial charge in [0.25, 0.3) is 5.56 Å². The van der Waals surface area contributed by atoms with Gasteiger partial charge in [-0.05, 0) is 18.2 Å². The Kier molecular flexibility index (Phi) is 4.13. The maximum Gasteiger partial charge on any atom is 0.261 e. The van der Waals surface area contributed by atoms with Crippen LogP contribution >= 0.6 is 11.6 Å². The Labute approximate surface area is 152 Å². The van der Waals surface area contributed by atoms with Crippen LogP contribution in [0, 0.1) is 11.6 Å². The van der Waals surface area contributed by atoms with Crippen molar-refractivity contribution in [2.24, 2.45) is 0 Å². The van der Waals surface area contributed by atoms with E-state index in [0.29, 0.717) is 13.1 Å². The predicted octanol–water partition coefficient (Wildman–Crippen LogP) is 3.15. The van der Waals surface area contributed by atoms with E-state index in [1.807, 2.05) is 0 Å². The molecule has 3 aromatic rings. The van der Waals surface area contributed by atoms with Gasteiger partial charge in [-0.1, -0.05) is 17.7 Å². The number of halogens is 3. The lowest BCUT2D eigenvalue weighted by molar-refractivity contribution is 0.334. The number of nitrogens with one attached hydrogen (secondary N) is 1. The molecule has 1 fully saturated rings. The Morgan fingerprint density at radius 1 is 1.31 bits per heavy atom. The van der Waals surface area contributed by atoms with Crippen LogP contribution in [0.25, 0.3) is 22.0 Å². The first kappa shape index (κ1) is 16.9. The van der Waals surface area contributed by atoms with Crippen molar-refractivity contribution < 1.29 is 13.5 Å². The van der Waals surface area contributed by atoms with Crippen LogP contribution in [0.4, 0.5) is 8.78 Å². The molecule has 0 aliphatic carbocycles. The fourth-order valence-electron chi connectivity index (χ4n) is 3.09. The summed E-state index contributed by atoms with van der Waals surface area (Å²) in [7, 11) is 1.36. The Morgan fingerprint density at radius 3 is 2.73 bits per heavy atom. The van der Waals surface area contributed by atoms with E-state index < -0.39 is 11.6 Å². The lowest BCUT2D eigenvalue weighted by Crippen LogP contribution is -2.46. The molecule has 26 heavy (non-hydrogen) atoms. The first-order valence-electron chi connectivity index (χ1n) is 7.95. The summed E-state index contributed by atoms with van der Waals surface area (Å²) in [5.41, 5.74) is -0.810. The third-order valence-corrected chi connectivity index (χ3v) is 4.87. The molecule has 5 nitrogen and oxygen atoms in total. The normalized spacial score (nSPS) is 14.5. The van der Waals surface area contributed by atoms with Crippen LogP contribution in [-0.2, 0) is 0 Å². The molecule has 2 heterocycles. The van der Waals surface area contributed by atoms with Gasteiger partial charge in [0, 0.05) is 18.7 Å². The molecule has 0 bridgehead atoms. The Balaban J connectivity index is 2.01. The highest BCUT2D eigenvalue weighted by atomic mass is 35.5. The number of hydrogen-bond acceptors (Lipinski definition) is 4. The fourth-order valence-corrected chi connectivity index (χ4v) is 3.37. The van der Waals surface area contributed by atoms with Crippen molar-refractivity contribution in [2.45, 2.75) is 6.04 Å². The standard InChI is InChI=1S/C18H14ClF2N3O2/c1-26-13-4-2-3-12(20)15(13)14-11(19)5-10-17(16(14)21)23-8-24(18(10)25)9-6-22-7-9/h2-5,8-9,22H,6-7H2,1H3. The van der Waals surface area contributed by atoms with Gasteiger partial charge in [0.05, 0.1) is 35.5 Å². The molecule has 1 aliphatic rings. The molecule has 1 aromatic heterocycles. The summed E-state index contributed by atoms with van der Waals surface area (Å²) < 4.78 is 36.2. The summed E-state index contributed by atoms with van der Waals surface area (Å²) in [6, 6.07) is 5.46. The molecule has 1 N–H and O–H groups in total. The lowest BCUT2D eigenvalue weighted by atomic mass is 10.0. The van der Waals surface area contributed by atoms with Crippen LogP contribution in [0.5, 0.6) is 5.75 Å². The van der Waals surface area contributed by atoms with Crippen molar-refractivity contribution in [3.63, 3.8) is 0 Å². The fraction of sp³-hybridized carbons (Fsp3) is 0.222.